The normalized spacial score (nSPS) is 34.8. The fourth-order valence-electron chi connectivity index (χ4n) is 4.02. The average Bonchev–Trinajstić information content (AvgIpc) is 3.49. The fraction of sp³-hybridized carbons (Fsp3) is 0.350. The summed E-state index contributed by atoms with van der Waals surface area (Å²) in [6.07, 6.45) is 2.74. The zero-order valence-electron chi connectivity index (χ0n) is 12.8. The second-order valence-corrected chi connectivity index (χ2v) is 6.70. The van der Waals surface area contributed by atoms with Crippen molar-refractivity contribution in [2.45, 2.75) is 43.2 Å². The lowest BCUT2D eigenvalue weighted by molar-refractivity contribution is 0.0867. The third-order valence-electron chi connectivity index (χ3n) is 5.33. The largest absolute Gasteiger partial charge is 0.362 e. The minimum Gasteiger partial charge on any atom is -0.362 e. The standard InChI is InChI=1S/C20H18O3/c21-18-15-11-5-4-7-13(15)10-6-12-20(18)19(23-20)17-16(22-17)14-8-2-1-3-9-14/h1-5,7-9,11,16-17,19H,6,10,12H2/t16-,17+,19-,20-/m0/s1. The Hall–Kier alpha value is -1.97. The van der Waals surface area contributed by atoms with Gasteiger partial charge in [-0.25, -0.2) is 0 Å². The van der Waals surface area contributed by atoms with Crippen LogP contribution in [-0.4, -0.2) is 23.6 Å². The van der Waals surface area contributed by atoms with E-state index in [1.807, 2.05) is 36.4 Å². The molecule has 2 saturated heterocycles. The number of ether oxygens (including phenoxy) is 2. The molecular formula is C20H18O3. The van der Waals surface area contributed by atoms with E-state index in [1.165, 1.54) is 5.56 Å². The highest BCUT2D eigenvalue weighted by atomic mass is 16.7. The lowest BCUT2D eigenvalue weighted by Gasteiger charge is -2.08. The number of epoxide rings is 2. The van der Waals surface area contributed by atoms with E-state index in [0.29, 0.717) is 0 Å². The van der Waals surface area contributed by atoms with Crippen molar-refractivity contribution in [3.05, 3.63) is 71.3 Å². The number of aryl methyl sites for hydroxylation is 1. The van der Waals surface area contributed by atoms with Gasteiger partial charge in [-0.2, -0.15) is 0 Å². The van der Waals surface area contributed by atoms with Crippen molar-refractivity contribution < 1.29 is 14.3 Å². The summed E-state index contributed by atoms with van der Waals surface area (Å²) >= 11 is 0. The van der Waals surface area contributed by atoms with Gasteiger partial charge in [-0.1, -0.05) is 54.6 Å². The van der Waals surface area contributed by atoms with Crippen LogP contribution in [0.25, 0.3) is 0 Å². The van der Waals surface area contributed by atoms with Gasteiger partial charge in [0.2, 0.25) is 0 Å². The van der Waals surface area contributed by atoms with Crippen LogP contribution in [-0.2, 0) is 15.9 Å². The van der Waals surface area contributed by atoms with Gasteiger partial charge in [-0.3, -0.25) is 4.79 Å². The lowest BCUT2D eigenvalue weighted by atomic mass is 9.89. The molecule has 0 radical (unpaired) electrons. The van der Waals surface area contributed by atoms with Crippen molar-refractivity contribution in [3.8, 4) is 0 Å². The number of Topliss-reactive ketones (excluding diaryl/α,β-unsaturated/α-hetero) is 1. The van der Waals surface area contributed by atoms with Gasteiger partial charge in [0.05, 0.1) is 0 Å². The van der Waals surface area contributed by atoms with Gasteiger partial charge in [0, 0.05) is 5.56 Å². The van der Waals surface area contributed by atoms with Crippen molar-refractivity contribution in [2.24, 2.45) is 0 Å². The van der Waals surface area contributed by atoms with Crippen molar-refractivity contribution in [1.29, 1.82) is 0 Å². The molecule has 116 valence electrons. The van der Waals surface area contributed by atoms with Gasteiger partial charge in [0.25, 0.3) is 0 Å². The summed E-state index contributed by atoms with van der Waals surface area (Å²) in [7, 11) is 0. The van der Waals surface area contributed by atoms with Gasteiger partial charge in [-0.05, 0) is 30.4 Å². The number of ketones is 1. The highest BCUT2D eigenvalue weighted by molar-refractivity contribution is 6.06. The molecule has 2 heterocycles. The number of rotatable bonds is 2. The maximum absolute atomic E-state index is 13.0. The molecule has 0 N–H and O–H groups in total. The van der Waals surface area contributed by atoms with E-state index >= 15 is 0 Å². The quantitative estimate of drug-likeness (QED) is 0.798. The second-order valence-electron chi connectivity index (χ2n) is 6.70. The second kappa shape index (κ2) is 4.76. The molecule has 0 bridgehead atoms. The highest BCUT2D eigenvalue weighted by Crippen LogP contribution is 2.56. The van der Waals surface area contributed by atoms with Crippen molar-refractivity contribution in [1.82, 2.24) is 0 Å². The minimum atomic E-state index is -0.638. The summed E-state index contributed by atoms with van der Waals surface area (Å²) in [5, 5.41) is 0. The highest BCUT2D eigenvalue weighted by Gasteiger charge is 2.70. The van der Waals surface area contributed by atoms with Crippen molar-refractivity contribution in [3.63, 3.8) is 0 Å². The molecule has 2 aliphatic heterocycles. The molecule has 2 fully saturated rings. The van der Waals surface area contributed by atoms with Crippen molar-refractivity contribution in [2.75, 3.05) is 0 Å². The minimum absolute atomic E-state index is 0.0200. The molecule has 3 heteroatoms. The molecule has 1 aliphatic carbocycles. The molecule has 0 unspecified atom stereocenters. The zero-order chi connectivity index (χ0) is 15.4. The molecule has 2 aromatic carbocycles. The molecule has 0 saturated carbocycles. The van der Waals surface area contributed by atoms with Crippen LogP contribution in [0.3, 0.4) is 0 Å². The lowest BCUT2D eigenvalue weighted by Crippen LogP contribution is -2.28. The number of benzene rings is 2. The summed E-state index contributed by atoms with van der Waals surface area (Å²) in [4.78, 5) is 13.0. The maximum Gasteiger partial charge on any atom is 0.197 e. The first-order valence-corrected chi connectivity index (χ1v) is 8.30. The molecule has 3 nitrogen and oxygen atoms in total. The van der Waals surface area contributed by atoms with Crippen LogP contribution in [0.5, 0.6) is 0 Å². The van der Waals surface area contributed by atoms with Crippen LogP contribution < -0.4 is 0 Å². The molecule has 3 aliphatic rings. The van der Waals surface area contributed by atoms with Crippen LogP contribution in [0.2, 0.25) is 0 Å². The molecule has 5 rings (SSSR count). The van der Waals surface area contributed by atoms with E-state index in [0.717, 1.165) is 30.4 Å². The van der Waals surface area contributed by atoms with E-state index in [1.54, 1.807) is 0 Å². The maximum atomic E-state index is 13.0. The third kappa shape index (κ3) is 2.00. The fourth-order valence-corrected chi connectivity index (χ4v) is 4.02. The molecular weight excluding hydrogens is 288 g/mol. The van der Waals surface area contributed by atoms with Crippen molar-refractivity contribution >= 4 is 5.78 Å². The first kappa shape index (κ1) is 13.5. The predicted molar refractivity (Wildman–Crippen MR) is 85.4 cm³/mol. The first-order valence-electron chi connectivity index (χ1n) is 8.30. The van der Waals surface area contributed by atoms with Gasteiger partial charge < -0.3 is 9.47 Å². The van der Waals surface area contributed by atoms with Gasteiger partial charge in [0.15, 0.2) is 11.4 Å². The van der Waals surface area contributed by atoms with Crippen LogP contribution in [0.15, 0.2) is 54.6 Å². The van der Waals surface area contributed by atoms with E-state index in [2.05, 4.69) is 18.2 Å². The summed E-state index contributed by atoms with van der Waals surface area (Å²) in [6.45, 7) is 0. The Morgan fingerprint density at radius 3 is 2.65 bits per heavy atom. The van der Waals surface area contributed by atoms with Crippen LogP contribution in [0.1, 0.15) is 40.4 Å². The Morgan fingerprint density at radius 2 is 1.78 bits per heavy atom. The van der Waals surface area contributed by atoms with E-state index < -0.39 is 5.60 Å². The van der Waals surface area contributed by atoms with E-state index in [4.69, 9.17) is 9.47 Å². The molecule has 0 aromatic heterocycles. The van der Waals surface area contributed by atoms with Gasteiger partial charge in [-0.15, -0.1) is 0 Å². The SMILES string of the molecule is O=C1c2ccccc2CCC[C@]12O[C@H]2[C@@H]1O[C@H]1c1ccccc1. The zero-order valence-corrected chi connectivity index (χ0v) is 12.8. The number of hydrogen-bond donors (Lipinski definition) is 0. The summed E-state index contributed by atoms with van der Waals surface area (Å²) in [5.41, 5.74) is 2.52. The molecule has 23 heavy (non-hydrogen) atoms. The molecule has 2 aromatic rings. The average molecular weight is 306 g/mol. The monoisotopic (exact) mass is 306 g/mol. The Kier molecular flexibility index (Phi) is 2.79. The van der Waals surface area contributed by atoms with Crippen LogP contribution in [0.4, 0.5) is 0 Å². The van der Waals surface area contributed by atoms with Gasteiger partial charge >= 0.3 is 0 Å². The molecule has 4 atom stereocenters. The summed E-state index contributed by atoms with van der Waals surface area (Å²) in [5.74, 6) is 0.151. The Balaban J connectivity index is 1.40. The summed E-state index contributed by atoms with van der Waals surface area (Å²) < 4.78 is 11.9. The Morgan fingerprint density at radius 1 is 1.00 bits per heavy atom. The number of fused-ring (bicyclic) bond motifs is 1. The summed E-state index contributed by atoms with van der Waals surface area (Å²) in [6, 6.07) is 18.1. The van der Waals surface area contributed by atoms with Crippen LogP contribution in [0, 0.1) is 0 Å². The number of carbonyl (C=O) groups excluding carboxylic acids is 1. The Labute approximate surface area is 135 Å². The van der Waals surface area contributed by atoms with Gasteiger partial charge in [0.1, 0.15) is 18.3 Å². The third-order valence-corrected chi connectivity index (χ3v) is 5.33. The number of carbonyl (C=O) groups is 1. The topological polar surface area (TPSA) is 42.1 Å². The Bertz CT molecular complexity index is 769. The van der Waals surface area contributed by atoms with E-state index in [-0.39, 0.29) is 24.1 Å². The first-order chi connectivity index (χ1) is 11.3. The van der Waals surface area contributed by atoms with Crippen LogP contribution >= 0.6 is 0 Å². The number of hydrogen-bond acceptors (Lipinski definition) is 3. The molecule has 0 amide bonds. The molecule has 1 spiro atoms. The smallest absolute Gasteiger partial charge is 0.197 e. The predicted octanol–water partition coefficient (Wildman–Crippen LogP) is 3.48. The van der Waals surface area contributed by atoms with E-state index in [9.17, 15) is 4.79 Å².